The molecule has 1 aliphatic heterocycles. The van der Waals surface area contributed by atoms with Gasteiger partial charge >= 0.3 is 10.2 Å². The number of phenols is 1. The molecule has 0 radical (unpaired) electrons. The van der Waals surface area contributed by atoms with Crippen molar-refractivity contribution < 1.29 is 22.7 Å². The van der Waals surface area contributed by atoms with E-state index in [1.807, 2.05) is 0 Å². The third-order valence-corrected chi connectivity index (χ3v) is 4.33. The predicted molar refractivity (Wildman–Crippen MR) is 70.1 cm³/mol. The lowest BCUT2D eigenvalue weighted by Gasteiger charge is -2.18. The molecule has 110 valence electrons. The van der Waals surface area contributed by atoms with Crippen molar-refractivity contribution in [3.8, 4) is 17.0 Å². The molecule has 3 N–H and O–H groups in total. The number of H-pyrrole nitrogens is 1. The quantitative estimate of drug-likeness (QED) is 0.727. The predicted octanol–water partition coefficient (Wildman–Crippen LogP) is 0.102. The van der Waals surface area contributed by atoms with Crippen LogP contribution in [0.2, 0.25) is 0 Å². The zero-order valence-electron chi connectivity index (χ0n) is 10.4. The number of rotatable bonds is 2. The summed E-state index contributed by atoms with van der Waals surface area (Å²) in [6.07, 6.45) is 1.40. The van der Waals surface area contributed by atoms with Gasteiger partial charge < -0.3 is 5.11 Å². The van der Waals surface area contributed by atoms with Crippen molar-refractivity contribution in [3.05, 3.63) is 30.2 Å². The lowest BCUT2D eigenvalue weighted by molar-refractivity contribution is -0.117. The lowest BCUT2D eigenvalue weighted by atomic mass is 10.1. The highest BCUT2D eigenvalue weighted by Gasteiger charge is 2.38. The third kappa shape index (κ3) is 2.09. The van der Waals surface area contributed by atoms with Gasteiger partial charge in [-0.1, -0.05) is 0 Å². The van der Waals surface area contributed by atoms with Gasteiger partial charge in [-0.15, -0.1) is 0 Å². The summed E-state index contributed by atoms with van der Waals surface area (Å²) >= 11 is 0. The van der Waals surface area contributed by atoms with Gasteiger partial charge in [-0.2, -0.15) is 13.5 Å². The minimum Gasteiger partial charge on any atom is -0.506 e. The van der Waals surface area contributed by atoms with Gasteiger partial charge in [0, 0.05) is 11.8 Å². The Morgan fingerprint density at radius 1 is 1.33 bits per heavy atom. The van der Waals surface area contributed by atoms with Crippen LogP contribution in [-0.2, 0) is 15.0 Å². The van der Waals surface area contributed by atoms with Crippen LogP contribution < -0.4 is 9.03 Å². The second-order valence-electron chi connectivity index (χ2n) is 4.30. The Kier molecular flexibility index (Phi) is 2.83. The largest absolute Gasteiger partial charge is 0.506 e. The minimum atomic E-state index is -4.21. The molecule has 0 bridgehead atoms. The van der Waals surface area contributed by atoms with Crippen molar-refractivity contribution in [1.29, 1.82) is 0 Å². The molecule has 1 aromatic carbocycles. The number of hydrogen-bond acceptors (Lipinski definition) is 5. The summed E-state index contributed by atoms with van der Waals surface area (Å²) in [7, 11) is -4.21. The maximum absolute atomic E-state index is 14.6. The van der Waals surface area contributed by atoms with Crippen molar-refractivity contribution in [2.24, 2.45) is 0 Å². The first-order chi connectivity index (χ1) is 9.90. The van der Waals surface area contributed by atoms with Crippen LogP contribution in [0.3, 0.4) is 0 Å². The van der Waals surface area contributed by atoms with E-state index >= 15 is 0 Å². The average Bonchev–Trinajstić information content (AvgIpc) is 2.98. The molecule has 1 aromatic heterocycles. The zero-order valence-corrected chi connectivity index (χ0v) is 11.2. The number of nitrogens with one attached hydrogen (secondary N) is 2. The standard InChI is InChI=1S/C11H9FN4O4S/c12-10-6(7-3-4-13-14-7)1-2-8(17)11(10)16-5-9(18)15-21(16,19)20/h1-4,17H,5H2,(H,13,14)(H,15,18). The maximum atomic E-state index is 14.6. The molecule has 0 unspecified atom stereocenters. The Bertz CT molecular complexity index is 819. The van der Waals surface area contributed by atoms with E-state index in [1.165, 1.54) is 18.3 Å². The number of amides is 1. The smallest absolute Gasteiger partial charge is 0.326 e. The highest BCUT2D eigenvalue weighted by molar-refractivity contribution is 7.92. The van der Waals surface area contributed by atoms with Crippen LogP contribution in [0.15, 0.2) is 24.4 Å². The SMILES string of the molecule is O=C1CN(c2c(O)ccc(-c3ccn[nH]3)c2F)S(=O)(=O)N1. The number of aromatic hydroxyl groups is 1. The molecule has 10 heteroatoms. The fourth-order valence-corrected chi connectivity index (χ4v) is 3.22. The van der Waals surface area contributed by atoms with Crippen molar-refractivity contribution >= 4 is 21.8 Å². The van der Waals surface area contributed by atoms with Gasteiger partial charge in [-0.25, -0.2) is 13.4 Å². The van der Waals surface area contributed by atoms with Crippen LogP contribution in [0, 0.1) is 5.82 Å². The van der Waals surface area contributed by atoms with E-state index in [0.717, 1.165) is 6.07 Å². The van der Waals surface area contributed by atoms with Crippen LogP contribution in [0.25, 0.3) is 11.3 Å². The Balaban J connectivity index is 2.20. The Labute approximate surface area is 118 Å². The van der Waals surface area contributed by atoms with Crippen LogP contribution in [0.5, 0.6) is 5.75 Å². The highest BCUT2D eigenvalue weighted by atomic mass is 32.2. The number of anilines is 1. The van der Waals surface area contributed by atoms with E-state index in [0.29, 0.717) is 10.00 Å². The lowest BCUT2D eigenvalue weighted by Crippen LogP contribution is -2.30. The van der Waals surface area contributed by atoms with E-state index in [9.17, 15) is 22.7 Å². The molecule has 0 saturated carbocycles. The Hall–Kier alpha value is -2.62. The number of aromatic nitrogens is 2. The summed E-state index contributed by atoms with van der Waals surface area (Å²) in [6, 6.07) is 3.91. The molecule has 1 aliphatic rings. The number of nitrogens with zero attached hydrogens (tertiary/aromatic N) is 2. The summed E-state index contributed by atoms with van der Waals surface area (Å²) in [5, 5.41) is 16.0. The number of carbonyl (C=O) groups excluding carboxylic acids is 1. The molecule has 21 heavy (non-hydrogen) atoms. The minimum absolute atomic E-state index is 0.0230. The van der Waals surface area contributed by atoms with Gasteiger partial charge in [0.25, 0.3) is 5.91 Å². The molecule has 8 nitrogen and oxygen atoms in total. The number of benzene rings is 1. The normalized spacial score (nSPS) is 17.0. The molecule has 2 aromatic rings. The monoisotopic (exact) mass is 312 g/mol. The summed E-state index contributed by atoms with van der Waals surface area (Å²) < 4.78 is 40.3. The van der Waals surface area contributed by atoms with Gasteiger partial charge in [0.1, 0.15) is 18.0 Å². The van der Waals surface area contributed by atoms with Crippen LogP contribution in [0.4, 0.5) is 10.1 Å². The fraction of sp³-hybridized carbons (Fsp3) is 0.0909. The van der Waals surface area contributed by atoms with E-state index in [4.69, 9.17) is 0 Å². The molecule has 0 aliphatic carbocycles. The van der Waals surface area contributed by atoms with Gasteiger partial charge in [0.2, 0.25) is 0 Å². The van der Waals surface area contributed by atoms with E-state index in [1.54, 1.807) is 4.72 Å². The van der Waals surface area contributed by atoms with Crippen molar-refractivity contribution in [3.63, 3.8) is 0 Å². The Morgan fingerprint density at radius 3 is 2.67 bits per heavy atom. The number of hydrogen-bond donors (Lipinski definition) is 3. The molecule has 1 amide bonds. The number of carbonyl (C=O) groups is 1. The molecule has 1 fully saturated rings. The van der Waals surface area contributed by atoms with Gasteiger partial charge in [-0.3, -0.25) is 9.89 Å². The first-order valence-electron chi connectivity index (χ1n) is 5.74. The number of halogens is 1. The Morgan fingerprint density at radius 2 is 2.10 bits per heavy atom. The molecular formula is C11H9FN4O4S. The van der Waals surface area contributed by atoms with E-state index in [-0.39, 0.29) is 5.56 Å². The van der Waals surface area contributed by atoms with Crippen LogP contribution in [-0.4, -0.2) is 36.2 Å². The number of phenolic OH excluding ortho intramolecular Hbond substituents is 1. The van der Waals surface area contributed by atoms with Gasteiger partial charge in [0.15, 0.2) is 5.82 Å². The maximum Gasteiger partial charge on any atom is 0.326 e. The summed E-state index contributed by atoms with van der Waals surface area (Å²) in [4.78, 5) is 11.2. The van der Waals surface area contributed by atoms with Crippen molar-refractivity contribution in [2.75, 3.05) is 10.8 Å². The molecule has 2 heterocycles. The zero-order chi connectivity index (χ0) is 15.2. The average molecular weight is 312 g/mol. The summed E-state index contributed by atoms with van der Waals surface area (Å²) in [6.45, 7) is -0.598. The highest BCUT2D eigenvalue weighted by Crippen LogP contribution is 2.38. The van der Waals surface area contributed by atoms with Gasteiger partial charge in [-0.05, 0) is 18.2 Å². The van der Waals surface area contributed by atoms with Gasteiger partial charge in [0.05, 0.1) is 5.69 Å². The second kappa shape index (κ2) is 4.45. The number of aromatic amines is 1. The van der Waals surface area contributed by atoms with Crippen molar-refractivity contribution in [2.45, 2.75) is 0 Å². The topological polar surface area (TPSA) is 115 Å². The van der Waals surface area contributed by atoms with E-state index < -0.39 is 39.9 Å². The van der Waals surface area contributed by atoms with Crippen LogP contribution in [0.1, 0.15) is 0 Å². The van der Waals surface area contributed by atoms with E-state index in [2.05, 4.69) is 10.2 Å². The first kappa shape index (κ1) is 13.4. The molecule has 3 rings (SSSR count). The third-order valence-electron chi connectivity index (χ3n) is 2.96. The van der Waals surface area contributed by atoms with Crippen LogP contribution >= 0.6 is 0 Å². The summed E-state index contributed by atoms with van der Waals surface area (Å²) in [5.41, 5.74) is -0.250. The van der Waals surface area contributed by atoms with Crippen molar-refractivity contribution in [1.82, 2.24) is 14.9 Å². The first-order valence-corrected chi connectivity index (χ1v) is 7.18. The molecule has 0 atom stereocenters. The molecular weight excluding hydrogens is 303 g/mol. The summed E-state index contributed by atoms with van der Waals surface area (Å²) in [5.74, 6) is -2.36. The fourth-order valence-electron chi connectivity index (χ4n) is 2.05. The second-order valence-corrected chi connectivity index (χ2v) is 5.90. The molecule has 0 spiro atoms. The molecule has 1 saturated heterocycles.